The van der Waals surface area contributed by atoms with E-state index in [4.69, 9.17) is 0 Å². The van der Waals surface area contributed by atoms with Crippen molar-refractivity contribution in [2.75, 3.05) is 6.54 Å². The van der Waals surface area contributed by atoms with Crippen molar-refractivity contribution in [1.29, 1.82) is 0 Å². The average Bonchev–Trinajstić information content (AvgIpc) is 2.75. The van der Waals surface area contributed by atoms with Gasteiger partial charge in [-0.05, 0) is 67.1 Å². The minimum atomic E-state index is 0.302. The van der Waals surface area contributed by atoms with E-state index in [1.165, 1.54) is 21.6 Å². The van der Waals surface area contributed by atoms with Crippen LogP contribution in [0.4, 0.5) is 0 Å². The van der Waals surface area contributed by atoms with Gasteiger partial charge in [0.25, 0.3) is 0 Å². The van der Waals surface area contributed by atoms with E-state index in [0.29, 0.717) is 6.04 Å². The van der Waals surface area contributed by atoms with Gasteiger partial charge in [-0.2, -0.15) is 0 Å². The number of hydrogen-bond donors (Lipinski definition) is 1. The highest BCUT2D eigenvalue weighted by atomic mass is 79.9. The molecule has 0 aliphatic heterocycles. The lowest BCUT2D eigenvalue weighted by Gasteiger charge is -2.20. The molecular formula is C16H20BrNS. The predicted molar refractivity (Wildman–Crippen MR) is 88.1 cm³/mol. The molecule has 0 aliphatic carbocycles. The first-order valence-electron chi connectivity index (χ1n) is 6.66. The Bertz CT molecular complexity index is 527. The van der Waals surface area contributed by atoms with Crippen molar-refractivity contribution in [3.8, 4) is 0 Å². The second kappa shape index (κ2) is 6.69. The fourth-order valence-corrected chi connectivity index (χ4v) is 3.92. The first-order chi connectivity index (χ1) is 9.11. The molecule has 0 amide bonds. The molecule has 0 saturated carbocycles. The van der Waals surface area contributed by atoms with Gasteiger partial charge in [-0.1, -0.05) is 28.9 Å². The molecule has 0 bridgehead atoms. The number of rotatable bonds is 5. The second-order valence-corrected chi connectivity index (χ2v) is 6.78. The highest BCUT2D eigenvalue weighted by Gasteiger charge is 2.17. The Kier molecular flexibility index (Phi) is 5.20. The van der Waals surface area contributed by atoms with Crippen LogP contribution in [0.15, 0.2) is 34.1 Å². The van der Waals surface area contributed by atoms with Crippen LogP contribution in [0.5, 0.6) is 0 Å². The van der Waals surface area contributed by atoms with Gasteiger partial charge in [0, 0.05) is 9.35 Å². The van der Waals surface area contributed by atoms with Crippen molar-refractivity contribution in [2.24, 2.45) is 0 Å². The van der Waals surface area contributed by atoms with Crippen molar-refractivity contribution in [3.63, 3.8) is 0 Å². The fourth-order valence-electron chi connectivity index (χ4n) is 2.26. The van der Waals surface area contributed by atoms with Crippen LogP contribution in [-0.4, -0.2) is 6.54 Å². The Balaban J connectivity index is 2.39. The molecular weight excluding hydrogens is 318 g/mol. The quantitative estimate of drug-likeness (QED) is 0.788. The van der Waals surface area contributed by atoms with Crippen LogP contribution in [-0.2, 0) is 0 Å². The Hall–Kier alpha value is -0.640. The van der Waals surface area contributed by atoms with Gasteiger partial charge in [-0.15, -0.1) is 11.3 Å². The van der Waals surface area contributed by atoms with E-state index in [1.807, 2.05) is 11.3 Å². The zero-order chi connectivity index (χ0) is 13.8. The van der Waals surface area contributed by atoms with Gasteiger partial charge >= 0.3 is 0 Å². The summed E-state index contributed by atoms with van der Waals surface area (Å²) >= 11 is 5.44. The van der Waals surface area contributed by atoms with Gasteiger partial charge in [0.2, 0.25) is 0 Å². The summed E-state index contributed by atoms with van der Waals surface area (Å²) in [6.45, 7) is 7.58. The Labute approximate surface area is 128 Å². The van der Waals surface area contributed by atoms with Crippen LogP contribution in [0.2, 0.25) is 0 Å². The van der Waals surface area contributed by atoms with Gasteiger partial charge in [0.1, 0.15) is 0 Å². The zero-order valence-corrected chi connectivity index (χ0v) is 14.1. The molecule has 3 heteroatoms. The Morgan fingerprint density at radius 1 is 1.26 bits per heavy atom. The summed E-state index contributed by atoms with van der Waals surface area (Å²) in [5.41, 5.74) is 4.00. The maximum atomic E-state index is 3.67. The van der Waals surface area contributed by atoms with E-state index in [2.05, 4.69) is 71.7 Å². The molecule has 0 aliphatic rings. The van der Waals surface area contributed by atoms with Gasteiger partial charge in [-0.3, -0.25) is 0 Å². The van der Waals surface area contributed by atoms with Gasteiger partial charge < -0.3 is 5.32 Å². The fraction of sp³-hybridized carbons (Fsp3) is 0.375. The molecule has 2 aromatic rings. The summed E-state index contributed by atoms with van der Waals surface area (Å²) in [6, 6.07) is 9.15. The number of nitrogens with one attached hydrogen (secondary N) is 1. The van der Waals surface area contributed by atoms with E-state index < -0.39 is 0 Å². The van der Waals surface area contributed by atoms with E-state index >= 15 is 0 Å². The molecule has 1 nitrogen and oxygen atoms in total. The summed E-state index contributed by atoms with van der Waals surface area (Å²) in [5.74, 6) is 0. The molecule has 0 saturated heterocycles. The number of benzene rings is 1. The van der Waals surface area contributed by atoms with Crippen molar-refractivity contribution in [1.82, 2.24) is 5.32 Å². The molecule has 0 spiro atoms. The van der Waals surface area contributed by atoms with Crippen LogP contribution >= 0.6 is 27.3 Å². The monoisotopic (exact) mass is 337 g/mol. The molecule has 1 atom stereocenters. The number of aryl methyl sites for hydroxylation is 2. The smallest absolute Gasteiger partial charge is 0.0674 e. The molecule has 1 N–H and O–H groups in total. The van der Waals surface area contributed by atoms with Crippen LogP contribution in [0.1, 0.15) is 41.0 Å². The summed E-state index contributed by atoms with van der Waals surface area (Å²) in [7, 11) is 0. The molecule has 1 heterocycles. The zero-order valence-electron chi connectivity index (χ0n) is 11.7. The Morgan fingerprint density at radius 3 is 2.63 bits per heavy atom. The van der Waals surface area contributed by atoms with E-state index in [0.717, 1.165) is 17.4 Å². The SMILES string of the molecule is CCCNC(c1cc(C)cc(Br)c1)c1sccc1C. The largest absolute Gasteiger partial charge is 0.306 e. The molecule has 1 aromatic carbocycles. The maximum absolute atomic E-state index is 3.67. The Morgan fingerprint density at radius 2 is 2.05 bits per heavy atom. The lowest BCUT2D eigenvalue weighted by atomic mass is 10.0. The van der Waals surface area contributed by atoms with Crippen molar-refractivity contribution in [3.05, 3.63) is 55.7 Å². The van der Waals surface area contributed by atoms with Crippen LogP contribution in [0.25, 0.3) is 0 Å². The van der Waals surface area contributed by atoms with Gasteiger partial charge in [-0.25, -0.2) is 0 Å². The molecule has 1 aromatic heterocycles. The molecule has 0 fully saturated rings. The minimum absolute atomic E-state index is 0.302. The number of hydrogen-bond acceptors (Lipinski definition) is 2. The topological polar surface area (TPSA) is 12.0 Å². The first kappa shape index (κ1) is 14.8. The molecule has 102 valence electrons. The van der Waals surface area contributed by atoms with Crippen molar-refractivity contribution < 1.29 is 0 Å². The summed E-state index contributed by atoms with van der Waals surface area (Å²) in [4.78, 5) is 1.42. The van der Waals surface area contributed by atoms with Crippen molar-refractivity contribution in [2.45, 2.75) is 33.2 Å². The lowest BCUT2D eigenvalue weighted by Crippen LogP contribution is -2.23. The minimum Gasteiger partial charge on any atom is -0.306 e. The van der Waals surface area contributed by atoms with Crippen molar-refractivity contribution >= 4 is 27.3 Å². The summed E-state index contributed by atoms with van der Waals surface area (Å²) in [5, 5.41) is 5.85. The van der Waals surface area contributed by atoms with E-state index in [1.54, 1.807) is 0 Å². The maximum Gasteiger partial charge on any atom is 0.0674 e. The molecule has 1 unspecified atom stereocenters. The third-order valence-electron chi connectivity index (χ3n) is 3.16. The second-order valence-electron chi connectivity index (χ2n) is 4.92. The predicted octanol–water partition coefficient (Wildman–Crippen LogP) is 5.22. The molecule has 0 radical (unpaired) electrons. The van der Waals surface area contributed by atoms with E-state index in [-0.39, 0.29) is 0 Å². The van der Waals surface area contributed by atoms with Crippen LogP contribution < -0.4 is 5.32 Å². The normalized spacial score (nSPS) is 12.6. The third-order valence-corrected chi connectivity index (χ3v) is 4.70. The van der Waals surface area contributed by atoms with Gasteiger partial charge in [0.15, 0.2) is 0 Å². The molecule has 19 heavy (non-hydrogen) atoms. The number of thiophene rings is 1. The summed E-state index contributed by atoms with van der Waals surface area (Å²) in [6.07, 6.45) is 1.15. The van der Waals surface area contributed by atoms with Gasteiger partial charge in [0.05, 0.1) is 6.04 Å². The lowest BCUT2D eigenvalue weighted by molar-refractivity contribution is 0.603. The summed E-state index contributed by atoms with van der Waals surface area (Å²) < 4.78 is 1.15. The molecule has 2 rings (SSSR count). The highest BCUT2D eigenvalue weighted by molar-refractivity contribution is 9.10. The average molecular weight is 338 g/mol. The number of halogens is 1. The third kappa shape index (κ3) is 3.68. The standard InChI is InChI=1S/C16H20BrNS/c1-4-6-18-15(16-12(3)5-7-19-16)13-8-11(2)9-14(17)10-13/h5,7-10,15,18H,4,6H2,1-3H3. The van der Waals surface area contributed by atoms with Crippen LogP contribution in [0, 0.1) is 13.8 Å². The van der Waals surface area contributed by atoms with E-state index in [9.17, 15) is 0 Å². The van der Waals surface area contributed by atoms with Crippen LogP contribution in [0.3, 0.4) is 0 Å². The first-order valence-corrected chi connectivity index (χ1v) is 8.33. The highest BCUT2D eigenvalue weighted by Crippen LogP contribution is 2.31.